The van der Waals surface area contributed by atoms with E-state index in [4.69, 9.17) is 5.73 Å². The van der Waals surface area contributed by atoms with Crippen molar-refractivity contribution in [2.24, 2.45) is 0 Å². The standard InChI is InChI=1S/C15H17N3O/c16-14-4-1-13(2-5-14)11-18-15(19)6-3-12-7-9-17-10-8-12/h1-2,4-5,7-10H,3,6,11,16H2,(H,18,19). The molecule has 3 N–H and O–H groups in total. The number of nitrogens with zero attached hydrogens (tertiary/aromatic N) is 1. The van der Waals surface area contributed by atoms with Crippen LogP contribution in [0.1, 0.15) is 17.5 Å². The molecule has 4 heteroatoms. The molecule has 0 saturated carbocycles. The van der Waals surface area contributed by atoms with Gasteiger partial charge in [0.25, 0.3) is 0 Å². The Bertz CT molecular complexity index is 523. The van der Waals surface area contributed by atoms with Gasteiger partial charge in [-0.3, -0.25) is 9.78 Å². The second-order valence-electron chi connectivity index (χ2n) is 4.37. The van der Waals surface area contributed by atoms with Crippen molar-refractivity contribution in [3.63, 3.8) is 0 Å². The van der Waals surface area contributed by atoms with Crippen molar-refractivity contribution in [3.05, 3.63) is 59.9 Å². The molecule has 0 unspecified atom stereocenters. The zero-order chi connectivity index (χ0) is 13.5. The Hall–Kier alpha value is -2.36. The second kappa shape index (κ2) is 6.54. The van der Waals surface area contributed by atoms with Gasteiger partial charge in [-0.05, 0) is 41.8 Å². The summed E-state index contributed by atoms with van der Waals surface area (Å²) in [4.78, 5) is 15.7. The van der Waals surface area contributed by atoms with Crippen molar-refractivity contribution in [3.8, 4) is 0 Å². The highest BCUT2D eigenvalue weighted by Gasteiger charge is 2.02. The summed E-state index contributed by atoms with van der Waals surface area (Å²) in [7, 11) is 0. The summed E-state index contributed by atoms with van der Waals surface area (Å²) in [6, 6.07) is 11.3. The highest BCUT2D eigenvalue weighted by molar-refractivity contribution is 5.76. The van der Waals surface area contributed by atoms with Crippen molar-refractivity contribution >= 4 is 11.6 Å². The van der Waals surface area contributed by atoms with Gasteiger partial charge in [0, 0.05) is 31.0 Å². The SMILES string of the molecule is Nc1ccc(CNC(=O)CCc2ccncc2)cc1. The first-order valence-corrected chi connectivity index (χ1v) is 6.24. The van der Waals surface area contributed by atoms with E-state index in [1.165, 1.54) is 0 Å². The maximum absolute atomic E-state index is 11.7. The van der Waals surface area contributed by atoms with E-state index in [9.17, 15) is 4.79 Å². The van der Waals surface area contributed by atoms with Crippen LogP contribution in [0.5, 0.6) is 0 Å². The van der Waals surface area contributed by atoms with E-state index in [1.54, 1.807) is 12.4 Å². The topological polar surface area (TPSA) is 68.0 Å². The summed E-state index contributed by atoms with van der Waals surface area (Å²) in [5, 5.41) is 2.89. The molecular formula is C15H17N3O. The van der Waals surface area contributed by atoms with E-state index < -0.39 is 0 Å². The predicted octanol–water partition coefficient (Wildman–Crippen LogP) is 1.91. The third kappa shape index (κ3) is 4.43. The van der Waals surface area contributed by atoms with Gasteiger partial charge >= 0.3 is 0 Å². The average molecular weight is 255 g/mol. The lowest BCUT2D eigenvalue weighted by atomic mass is 10.1. The number of pyridine rings is 1. The fraction of sp³-hybridized carbons (Fsp3) is 0.200. The number of carbonyl (C=O) groups excluding carboxylic acids is 1. The van der Waals surface area contributed by atoms with Crippen LogP contribution in [-0.2, 0) is 17.8 Å². The molecule has 0 fully saturated rings. The Morgan fingerprint density at radius 1 is 1.05 bits per heavy atom. The lowest BCUT2D eigenvalue weighted by Gasteiger charge is -2.05. The predicted molar refractivity (Wildman–Crippen MR) is 75.3 cm³/mol. The fourth-order valence-electron chi connectivity index (χ4n) is 1.73. The molecule has 98 valence electrons. The minimum absolute atomic E-state index is 0.0497. The number of rotatable bonds is 5. The molecule has 0 radical (unpaired) electrons. The summed E-state index contributed by atoms with van der Waals surface area (Å²) in [6.45, 7) is 0.537. The lowest BCUT2D eigenvalue weighted by molar-refractivity contribution is -0.121. The maximum atomic E-state index is 11.7. The summed E-state index contributed by atoms with van der Waals surface area (Å²) >= 11 is 0. The largest absolute Gasteiger partial charge is 0.399 e. The van der Waals surface area contributed by atoms with Crippen LogP contribution in [0, 0.1) is 0 Å². The molecule has 2 rings (SSSR count). The molecule has 0 bridgehead atoms. The molecule has 1 aromatic heterocycles. The van der Waals surface area contributed by atoms with Crippen LogP contribution in [0.2, 0.25) is 0 Å². The van der Waals surface area contributed by atoms with Gasteiger partial charge in [-0.1, -0.05) is 12.1 Å². The Balaban J connectivity index is 1.74. The fourth-order valence-corrected chi connectivity index (χ4v) is 1.73. The van der Waals surface area contributed by atoms with Crippen molar-refractivity contribution in [2.45, 2.75) is 19.4 Å². The molecule has 0 saturated heterocycles. The van der Waals surface area contributed by atoms with Gasteiger partial charge in [0.2, 0.25) is 5.91 Å². The number of carbonyl (C=O) groups is 1. The first-order chi connectivity index (χ1) is 9.24. The summed E-state index contributed by atoms with van der Waals surface area (Å²) in [5.41, 5.74) is 8.50. The first kappa shape index (κ1) is 13.1. The van der Waals surface area contributed by atoms with Crippen molar-refractivity contribution < 1.29 is 4.79 Å². The van der Waals surface area contributed by atoms with Gasteiger partial charge in [0.05, 0.1) is 0 Å². The van der Waals surface area contributed by atoms with Crippen molar-refractivity contribution in [2.75, 3.05) is 5.73 Å². The smallest absolute Gasteiger partial charge is 0.220 e. The number of hydrogen-bond acceptors (Lipinski definition) is 3. The number of nitrogens with two attached hydrogens (primary N) is 1. The van der Waals surface area contributed by atoms with E-state index in [1.807, 2.05) is 36.4 Å². The Morgan fingerprint density at radius 3 is 2.42 bits per heavy atom. The molecule has 0 aliphatic rings. The van der Waals surface area contributed by atoms with Gasteiger partial charge in [0.15, 0.2) is 0 Å². The number of anilines is 1. The third-order valence-electron chi connectivity index (χ3n) is 2.86. The maximum Gasteiger partial charge on any atom is 0.220 e. The zero-order valence-electron chi connectivity index (χ0n) is 10.7. The molecule has 0 aliphatic heterocycles. The van der Waals surface area contributed by atoms with Gasteiger partial charge in [-0.2, -0.15) is 0 Å². The average Bonchev–Trinajstić information content (AvgIpc) is 2.45. The minimum Gasteiger partial charge on any atom is -0.399 e. The van der Waals surface area contributed by atoms with Gasteiger partial charge < -0.3 is 11.1 Å². The van der Waals surface area contributed by atoms with Crippen molar-refractivity contribution in [1.29, 1.82) is 0 Å². The molecule has 1 amide bonds. The molecule has 2 aromatic rings. The van der Waals surface area contributed by atoms with Crippen LogP contribution in [-0.4, -0.2) is 10.9 Å². The van der Waals surface area contributed by atoms with E-state index >= 15 is 0 Å². The molecule has 0 aliphatic carbocycles. The molecule has 0 spiro atoms. The van der Waals surface area contributed by atoms with Gasteiger partial charge in [-0.15, -0.1) is 0 Å². The number of nitrogens with one attached hydrogen (secondary N) is 1. The number of hydrogen-bond donors (Lipinski definition) is 2. The van der Waals surface area contributed by atoms with Crippen LogP contribution in [0.25, 0.3) is 0 Å². The minimum atomic E-state index is 0.0497. The Kier molecular flexibility index (Phi) is 4.50. The number of nitrogen functional groups attached to an aromatic ring is 1. The van der Waals surface area contributed by atoms with E-state index in [2.05, 4.69) is 10.3 Å². The van der Waals surface area contributed by atoms with Crippen LogP contribution in [0.3, 0.4) is 0 Å². The van der Waals surface area contributed by atoms with Crippen LogP contribution >= 0.6 is 0 Å². The highest BCUT2D eigenvalue weighted by Crippen LogP contribution is 2.05. The number of aromatic nitrogens is 1. The van der Waals surface area contributed by atoms with Crippen LogP contribution < -0.4 is 11.1 Å². The second-order valence-corrected chi connectivity index (χ2v) is 4.37. The van der Waals surface area contributed by atoms with Crippen molar-refractivity contribution in [1.82, 2.24) is 10.3 Å². The monoisotopic (exact) mass is 255 g/mol. The number of benzene rings is 1. The molecule has 1 heterocycles. The first-order valence-electron chi connectivity index (χ1n) is 6.24. The van der Waals surface area contributed by atoms with Gasteiger partial charge in [0.1, 0.15) is 0 Å². The molecular weight excluding hydrogens is 238 g/mol. The van der Waals surface area contributed by atoms with Gasteiger partial charge in [-0.25, -0.2) is 0 Å². The summed E-state index contributed by atoms with van der Waals surface area (Å²) < 4.78 is 0. The summed E-state index contributed by atoms with van der Waals surface area (Å²) in [6.07, 6.45) is 4.69. The number of aryl methyl sites for hydroxylation is 1. The van der Waals surface area contributed by atoms with E-state index in [-0.39, 0.29) is 5.91 Å². The Labute approximate surface area is 112 Å². The van der Waals surface area contributed by atoms with E-state index in [0.717, 1.165) is 23.2 Å². The Morgan fingerprint density at radius 2 is 1.74 bits per heavy atom. The molecule has 19 heavy (non-hydrogen) atoms. The molecule has 0 atom stereocenters. The summed E-state index contributed by atoms with van der Waals surface area (Å²) in [5.74, 6) is 0.0497. The molecule has 4 nitrogen and oxygen atoms in total. The zero-order valence-corrected chi connectivity index (χ0v) is 10.7. The van der Waals surface area contributed by atoms with Crippen LogP contribution in [0.4, 0.5) is 5.69 Å². The van der Waals surface area contributed by atoms with Crippen LogP contribution in [0.15, 0.2) is 48.8 Å². The number of amides is 1. The highest BCUT2D eigenvalue weighted by atomic mass is 16.1. The van der Waals surface area contributed by atoms with E-state index in [0.29, 0.717) is 13.0 Å². The quantitative estimate of drug-likeness (QED) is 0.802. The third-order valence-corrected chi connectivity index (χ3v) is 2.86. The lowest BCUT2D eigenvalue weighted by Crippen LogP contribution is -2.22. The molecule has 1 aromatic carbocycles. The normalized spacial score (nSPS) is 10.1.